The highest BCUT2D eigenvalue weighted by Gasteiger charge is 2.31. The molecule has 0 fully saturated rings. The van der Waals surface area contributed by atoms with Gasteiger partial charge in [0.15, 0.2) is 4.34 Å². The molecule has 6 nitrogen and oxygen atoms in total. The van der Waals surface area contributed by atoms with Crippen LogP contribution in [0.25, 0.3) is 0 Å². The highest BCUT2D eigenvalue weighted by molar-refractivity contribution is 8.02. The SMILES string of the molecule is CC(Sc1nnc(Nc2ccc(OC(F)(F)F)cc2)s1)C(=O)Nc1ccccc1F. The molecule has 0 bridgehead atoms. The number of carbonyl (C=O) groups is 1. The lowest BCUT2D eigenvalue weighted by Crippen LogP contribution is -2.22. The van der Waals surface area contributed by atoms with Gasteiger partial charge in [0.25, 0.3) is 0 Å². The number of nitrogens with zero attached hydrogens (tertiary/aromatic N) is 2. The number of alkyl halides is 3. The number of aromatic nitrogens is 2. The van der Waals surface area contributed by atoms with E-state index < -0.39 is 23.3 Å². The van der Waals surface area contributed by atoms with Crippen molar-refractivity contribution in [2.45, 2.75) is 22.9 Å². The Labute approximate surface area is 176 Å². The number of thioether (sulfide) groups is 1. The van der Waals surface area contributed by atoms with Crippen LogP contribution in [-0.2, 0) is 4.79 Å². The fourth-order valence-corrected chi connectivity index (χ4v) is 4.09. The zero-order valence-corrected chi connectivity index (χ0v) is 16.9. The third-order valence-corrected chi connectivity index (χ3v) is 5.55. The van der Waals surface area contributed by atoms with Crippen LogP contribution in [0.1, 0.15) is 6.92 Å². The van der Waals surface area contributed by atoms with Crippen LogP contribution in [0.2, 0.25) is 0 Å². The molecule has 0 aliphatic rings. The van der Waals surface area contributed by atoms with Gasteiger partial charge in [-0.1, -0.05) is 35.2 Å². The molecule has 1 amide bonds. The molecular weight excluding hydrogens is 444 g/mol. The maximum atomic E-state index is 13.6. The second-order valence-corrected chi connectivity index (χ2v) is 8.36. The van der Waals surface area contributed by atoms with E-state index in [1.165, 1.54) is 42.5 Å². The predicted molar refractivity (Wildman–Crippen MR) is 107 cm³/mol. The van der Waals surface area contributed by atoms with Crippen LogP contribution in [0.4, 0.5) is 34.1 Å². The topological polar surface area (TPSA) is 76.1 Å². The molecule has 0 aliphatic carbocycles. The van der Waals surface area contributed by atoms with Gasteiger partial charge < -0.3 is 15.4 Å². The van der Waals surface area contributed by atoms with Gasteiger partial charge in [-0.15, -0.1) is 23.4 Å². The molecule has 2 N–H and O–H groups in total. The Bertz CT molecular complexity index is 1010. The second kappa shape index (κ2) is 9.30. The van der Waals surface area contributed by atoms with E-state index in [9.17, 15) is 22.4 Å². The van der Waals surface area contributed by atoms with Gasteiger partial charge in [0, 0.05) is 5.69 Å². The van der Waals surface area contributed by atoms with Crippen molar-refractivity contribution in [3.63, 3.8) is 0 Å². The van der Waals surface area contributed by atoms with Crippen LogP contribution in [-0.4, -0.2) is 27.7 Å². The minimum Gasteiger partial charge on any atom is -0.406 e. The van der Waals surface area contributed by atoms with Crippen LogP contribution >= 0.6 is 23.1 Å². The maximum absolute atomic E-state index is 13.6. The van der Waals surface area contributed by atoms with Gasteiger partial charge in [0.2, 0.25) is 11.0 Å². The lowest BCUT2D eigenvalue weighted by molar-refractivity contribution is -0.274. The molecule has 158 valence electrons. The van der Waals surface area contributed by atoms with Crippen LogP contribution in [0.15, 0.2) is 52.9 Å². The molecule has 1 heterocycles. The first kappa shape index (κ1) is 21.8. The summed E-state index contributed by atoms with van der Waals surface area (Å²) in [6.07, 6.45) is -4.75. The van der Waals surface area contributed by atoms with Crippen molar-refractivity contribution in [3.05, 3.63) is 54.3 Å². The molecule has 3 aromatic rings. The third-order valence-electron chi connectivity index (χ3n) is 3.52. The number of hydrogen-bond donors (Lipinski definition) is 2. The molecule has 0 aliphatic heterocycles. The number of ether oxygens (including phenoxy) is 1. The number of halogens is 4. The second-order valence-electron chi connectivity index (χ2n) is 5.80. The normalized spacial score (nSPS) is 12.3. The summed E-state index contributed by atoms with van der Waals surface area (Å²) >= 11 is 2.30. The smallest absolute Gasteiger partial charge is 0.406 e. The van der Waals surface area contributed by atoms with E-state index >= 15 is 0 Å². The summed E-state index contributed by atoms with van der Waals surface area (Å²) in [6.45, 7) is 1.65. The summed E-state index contributed by atoms with van der Waals surface area (Å²) in [6, 6.07) is 11.0. The highest BCUT2D eigenvalue weighted by Crippen LogP contribution is 2.31. The van der Waals surface area contributed by atoms with E-state index in [1.807, 2.05) is 0 Å². The Morgan fingerprint density at radius 1 is 1.13 bits per heavy atom. The number of hydrogen-bond acceptors (Lipinski definition) is 7. The molecule has 1 aromatic heterocycles. The fraction of sp³-hybridized carbons (Fsp3) is 0.167. The number of anilines is 3. The number of rotatable bonds is 7. The Morgan fingerprint density at radius 3 is 2.50 bits per heavy atom. The molecule has 0 saturated heterocycles. The van der Waals surface area contributed by atoms with Gasteiger partial charge in [0.05, 0.1) is 10.9 Å². The van der Waals surface area contributed by atoms with Gasteiger partial charge in [-0.2, -0.15) is 0 Å². The number of amides is 1. The average molecular weight is 458 g/mol. The quantitative estimate of drug-likeness (QED) is 0.363. The fourth-order valence-electron chi connectivity index (χ4n) is 2.17. The Morgan fingerprint density at radius 2 is 1.83 bits per heavy atom. The molecule has 0 saturated carbocycles. The lowest BCUT2D eigenvalue weighted by atomic mass is 10.3. The Kier molecular flexibility index (Phi) is 6.77. The summed E-state index contributed by atoms with van der Waals surface area (Å²) in [5.41, 5.74) is 0.579. The van der Waals surface area contributed by atoms with Gasteiger partial charge in [-0.25, -0.2) is 4.39 Å². The summed E-state index contributed by atoms with van der Waals surface area (Å²) in [5.74, 6) is -1.26. The third kappa shape index (κ3) is 6.32. The summed E-state index contributed by atoms with van der Waals surface area (Å²) in [4.78, 5) is 12.2. The standard InChI is InChI=1S/C18H14F4N4O2S2/c1-10(15(27)24-14-5-3-2-4-13(14)19)29-17-26-25-16(30-17)23-11-6-8-12(9-7-11)28-18(20,21)22/h2-10H,1H3,(H,23,25)(H,24,27). The van der Waals surface area contributed by atoms with E-state index in [2.05, 4.69) is 25.6 Å². The van der Waals surface area contributed by atoms with Crippen LogP contribution in [0.5, 0.6) is 5.75 Å². The maximum Gasteiger partial charge on any atom is 0.573 e. The van der Waals surface area contributed by atoms with Gasteiger partial charge >= 0.3 is 6.36 Å². The Balaban J connectivity index is 1.55. The molecule has 0 radical (unpaired) electrons. The molecular formula is C18H14F4N4O2S2. The minimum atomic E-state index is -4.75. The molecule has 0 spiro atoms. The predicted octanol–water partition coefficient (Wildman–Crippen LogP) is 5.44. The zero-order chi connectivity index (χ0) is 21.7. The van der Waals surface area contributed by atoms with Crippen molar-refractivity contribution in [1.82, 2.24) is 10.2 Å². The van der Waals surface area contributed by atoms with E-state index in [0.717, 1.165) is 23.1 Å². The monoisotopic (exact) mass is 458 g/mol. The molecule has 30 heavy (non-hydrogen) atoms. The van der Waals surface area contributed by atoms with Gasteiger partial charge in [-0.3, -0.25) is 4.79 Å². The Hall–Kier alpha value is -2.86. The van der Waals surface area contributed by atoms with Crippen molar-refractivity contribution in [3.8, 4) is 5.75 Å². The molecule has 2 aromatic carbocycles. The van der Waals surface area contributed by atoms with E-state index in [4.69, 9.17) is 0 Å². The zero-order valence-electron chi connectivity index (χ0n) is 15.2. The molecule has 1 unspecified atom stereocenters. The largest absolute Gasteiger partial charge is 0.573 e. The van der Waals surface area contributed by atoms with Crippen LogP contribution in [0.3, 0.4) is 0 Å². The average Bonchev–Trinajstić information content (AvgIpc) is 3.10. The molecule has 12 heteroatoms. The minimum absolute atomic E-state index is 0.0903. The summed E-state index contributed by atoms with van der Waals surface area (Å²) in [7, 11) is 0. The highest BCUT2D eigenvalue weighted by atomic mass is 32.2. The van der Waals surface area contributed by atoms with Crippen molar-refractivity contribution in [2.24, 2.45) is 0 Å². The number of para-hydroxylation sites is 1. The van der Waals surface area contributed by atoms with Crippen LogP contribution in [0, 0.1) is 5.82 Å². The lowest BCUT2D eigenvalue weighted by Gasteiger charge is -2.10. The first-order chi connectivity index (χ1) is 14.2. The van der Waals surface area contributed by atoms with Crippen molar-refractivity contribution < 1.29 is 27.1 Å². The molecule has 1 atom stereocenters. The summed E-state index contributed by atoms with van der Waals surface area (Å²) in [5, 5.41) is 13.2. The number of carbonyl (C=O) groups excluding carboxylic acids is 1. The number of benzene rings is 2. The first-order valence-electron chi connectivity index (χ1n) is 8.38. The van der Waals surface area contributed by atoms with E-state index in [0.29, 0.717) is 15.2 Å². The number of nitrogens with one attached hydrogen (secondary N) is 2. The molecule has 3 rings (SSSR count). The van der Waals surface area contributed by atoms with E-state index in [-0.39, 0.29) is 11.4 Å². The van der Waals surface area contributed by atoms with Crippen molar-refractivity contribution >= 4 is 45.5 Å². The van der Waals surface area contributed by atoms with Gasteiger partial charge in [0.1, 0.15) is 11.6 Å². The summed E-state index contributed by atoms with van der Waals surface area (Å²) < 4.78 is 54.5. The van der Waals surface area contributed by atoms with Crippen molar-refractivity contribution in [2.75, 3.05) is 10.6 Å². The first-order valence-corrected chi connectivity index (χ1v) is 10.1. The van der Waals surface area contributed by atoms with Crippen molar-refractivity contribution in [1.29, 1.82) is 0 Å². The van der Waals surface area contributed by atoms with Gasteiger partial charge in [-0.05, 0) is 43.3 Å². The van der Waals surface area contributed by atoms with Crippen LogP contribution < -0.4 is 15.4 Å². The van der Waals surface area contributed by atoms with E-state index in [1.54, 1.807) is 13.0 Å².